The van der Waals surface area contributed by atoms with Crippen molar-refractivity contribution in [2.75, 3.05) is 4.90 Å². The summed E-state index contributed by atoms with van der Waals surface area (Å²) in [5.74, 6) is -3.19. The smallest absolute Gasteiger partial charge is 0.186 e. The molecule has 1 unspecified atom stereocenters. The Morgan fingerprint density at radius 2 is 1.29 bits per heavy atom. The number of hydrogen-bond donors (Lipinski definition) is 5. The highest BCUT2D eigenvalue weighted by atomic mass is 16.3. The first-order valence-corrected chi connectivity index (χ1v) is 21.2. The number of para-hydroxylation sites is 1. The summed E-state index contributed by atoms with van der Waals surface area (Å²) in [5.41, 5.74) is 8.53. The molecule has 0 saturated heterocycles. The van der Waals surface area contributed by atoms with Crippen molar-refractivity contribution in [1.29, 1.82) is 0 Å². The molecule has 1 atom stereocenters. The molecule has 314 valence electrons. The molecular formula is C57H51NO5. The summed E-state index contributed by atoms with van der Waals surface area (Å²) in [6.07, 6.45) is 11.5. The molecule has 8 rings (SSSR count). The Kier molecular flexibility index (Phi) is 11.3. The number of hydrogen-bond acceptors (Lipinski definition) is 6. The van der Waals surface area contributed by atoms with Gasteiger partial charge in [0.25, 0.3) is 0 Å². The van der Waals surface area contributed by atoms with Crippen molar-refractivity contribution in [1.82, 2.24) is 0 Å². The Balaban J connectivity index is 1.46. The van der Waals surface area contributed by atoms with E-state index < -0.39 is 28.4 Å². The predicted octanol–water partition coefficient (Wildman–Crippen LogP) is 14.9. The topological polar surface area (TPSA) is 104 Å². The second-order valence-electron chi connectivity index (χ2n) is 16.0. The van der Waals surface area contributed by atoms with Crippen LogP contribution in [0.5, 0.6) is 28.7 Å². The molecule has 6 nitrogen and oxygen atoms in total. The molecule has 0 amide bonds. The van der Waals surface area contributed by atoms with Gasteiger partial charge < -0.3 is 30.4 Å². The molecule has 1 aliphatic rings. The normalized spacial score (nSPS) is 14.8. The van der Waals surface area contributed by atoms with Crippen molar-refractivity contribution in [3.05, 3.63) is 198 Å². The van der Waals surface area contributed by atoms with Crippen LogP contribution in [0.15, 0.2) is 170 Å². The van der Waals surface area contributed by atoms with Gasteiger partial charge in [-0.2, -0.15) is 0 Å². The molecule has 7 aromatic rings. The maximum absolute atomic E-state index is 12.5. The van der Waals surface area contributed by atoms with Crippen molar-refractivity contribution in [3.8, 4) is 51.0 Å². The molecule has 5 N–H and O–H groups in total. The van der Waals surface area contributed by atoms with E-state index in [0.717, 1.165) is 57.4 Å². The second kappa shape index (κ2) is 17.0. The molecule has 63 heavy (non-hydrogen) atoms. The molecule has 1 aliphatic carbocycles. The van der Waals surface area contributed by atoms with Crippen LogP contribution in [0.4, 0.5) is 17.1 Å². The first-order chi connectivity index (χ1) is 30.5. The van der Waals surface area contributed by atoms with Crippen LogP contribution in [-0.2, 0) is 5.41 Å². The van der Waals surface area contributed by atoms with Gasteiger partial charge in [0, 0.05) is 22.4 Å². The number of benzene rings is 7. The van der Waals surface area contributed by atoms with Gasteiger partial charge in [0.15, 0.2) is 23.0 Å². The molecule has 0 aliphatic heterocycles. The molecule has 6 heteroatoms. The minimum atomic E-state index is -0.748. The molecule has 0 fully saturated rings. The van der Waals surface area contributed by atoms with Gasteiger partial charge >= 0.3 is 0 Å². The third kappa shape index (κ3) is 6.66. The molecule has 0 saturated carbocycles. The number of phenolic OH excluding ortho intramolecular Hbond substituents is 5. The van der Waals surface area contributed by atoms with Gasteiger partial charge in [0.2, 0.25) is 0 Å². The van der Waals surface area contributed by atoms with Crippen molar-refractivity contribution >= 4 is 45.6 Å². The van der Waals surface area contributed by atoms with Crippen LogP contribution >= 0.6 is 0 Å². The highest BCUT2D eigenvalue weighted by molar-refractivity contribution is 6.10. The van der Waals surface area contributed by atoms with E-state index in [9.17, 15) is 25.5 Å². The van der Waals surface area contributed by atoms with E-state index in [4.69, 9.17) is 0 Å². The van der Waals surface area contributed by atoms with E-state index in [-0.39, 0.29) is 22.6 Å². The van der Waals surface area contributed by atoms with E-state index in [1.54, 1.807) is 17.0 Å². The first-order valence-electron chi connectivity index (χ1n) is 21.2. The number of phenols is 5. The Bertz CT molecular complexity index is 3000. The monoisotopic (exact) mass is 829 g/mol. The van der Waals surface area contributed by atoms with E-state index >= 15 is 0 Å². The Morgan fingerprint density at radius 3 is 1.92 bits per heavy atom. The lowest BCUT2D eigenvalue weighted by molar-refractivity contribution is 0.377. The van der Waals surface area contributed by atoms with Gasteiger partial charge in [-0.1, -0.05) is 172 Å². The predicted molar refractivity (Wildman–Crippen MR) is 261 cm³/mol. The summed E-state index contributed by atoms with van der Waals surface area (Å²) in [6.45, 7) is 16.8. The van der Waals surface area contributed by atoms with E-state index in [1.165, 1.54) is 6.08 Å². The summed E-state index contributed by atoms with van der Waals surface area (Å²) in [7, 11) is 0. The lowest BCUT2D eigenvalue weighted by atomic mass is 9.67. The number of aromatic hydroxyl groups is 5. The zero-order chi connectivity index (χ0) is 44.6. The third-order valence-corrected chi connectivity index (χ3v) is 12.4. The average Bonchev–Trinajstić information content (AvgIpc) is 3.55. The molecule has 0 spiro atoms. The lowest BCUT2D eigenvalue weighted by Crippen LogP contribution is -2.28. The van der Waals surface area contributed by atoms with Crippen LogP contribution in [0.1, 0.15) is 68.4 Å². The van der Waals surface area contributed by atoms with Gasteiger partial charge in [-0.15, -0.1) is 0 Å². The highest BCUT2D eigenvalue weighted by Crippen LogP contribution is 2.62. The SMILES string of the molecule is C=Cc1c(O)c(-c2c(O)c(O)c(N(c3ccc4c(c3)C(C(=C)C)(c3ccccc3)C(C)=C4/C=C\CCC)c3ccccc3-c3ccccc3)c(O)c2O)c2ccccc2c1/C=C\C. The summed E-state index contributed by atoms with van der Waals surface area (Å²) >= 11 is 0. The van der Waals surface area contributed by atoms with E-state index in [2.05, 4.69) is 63.4 Å². The molecule has 0 radical (unpaired) electrons. The van der Waals surface area contributed by atoms with Gasteiger partial charge in [-0.3, -0.25) is 0 Å². The largest absolute Gasteiger partial charge is 0.507 e. The molecule has 0 heterocycles. The van der Waals surface area contributed by atoms with Crippen molar-refractivity contribution in [2.24, 2.45) is 0 Å². The van der Waals surface area contributed by atoms with E-state index in [1.807, 2.05) is 117 Å². The van der Waals surface area contributed by atoms with Crippen LogP contribution in [0.3, 0.4) is 0 Å². The molecule has 0 aromatic heterocycles. The minimum absolute atomic E-state index is 0.0222. The lowest BCUT2D eigenvalue weighted by Gasteiger charge is -2.36. The standard InChI is InChI=1S/C57H51NO5/c1-7-10-13-27-41-36(6)57(35(4)5,38-25-16-12-17-26-38)47-34-39(32-33-45(41)47)58(48-31-21-20-28-42(48)37-23-14-11-15-24-37)51-55(62)53(60)50(54(61)56(51)63)49-46-30-19-18-29-44(46)43(22-8-2)40(9-3)52(49)59/h8-9,11-34,59-63H,3-4,7,10H2,1-2,5-6H3/b22-8-,27-13-. The Hall–Kier alpha value is -7.70. The maximum atomic E-state index is 12.5. The van der Waals surface area contributed by atoms with Crippen molar-refractivity contribution in [2.45, 2.75) is 46.0 Å². The molecule has 0 bridgehead atoms. The third-order valence-electron chi connectivity index (χ3n) is 12.4. The zero-order valence-electron chi connectivity index (χ0n) is 36.0. The van der Waals surface area contributed by atoms with Gasteiger partial charge in [0.05, 0.1) is 16.7 Å². The summed E-state index contributed by atoms with van der Waals surface area (Å²) in [5, 5.41) is 62.7. The Labute approximate surface area is 369 Å². The molecular weight excluding hydrogens is 779 g/mol. The van der Waals surface area contributed by atoms with Gasteiger partial charge in [-0.25, -0.2) is 0 Å². The quantitative estimate of drug-likeness (QED) is 0.0477. The maximum Gasteiger partial charge on any atom is 0.186 e. The van der Waals surface area contributed by atoms with Crippen LogP contribution in [0.2, 0.25) is 0 Å². The Morgan fingerprint density at radius 1 is 0.667 bits per heavy atom. The fourth-order valence-corrected chi connectivity index (χ4v) is 9.59. The molecule has 7 aromatic carbocycles. The summed E-state index contributed by atoms with van der Waals surface area (Å²) in [4.78, 5) is 1.67. The number of unbranched alkanes of at least 4 members (excludes halogenated alkanes) is 1. The minimum Gasteiger partial charge on any atom is -0.507 e. The van der Waals surface area contributed by atoms with E-state index in [0.29, 0.717) is 33.3 Å². The number of nitrogens with zero attached hydrogens (tertiary/aromatic N) is 1. The van der Waals surface area contributed by atoms with Crippen LogP contribution in [0.25, 0.3) is 50.8 Å². The van der Waals surface area contributed by atoms with Crippen LogP contribution < -0.4 is 4.90 Å². The van der Waals surface area contributed by atoms with Crippen LogP contribution in [0, 0.1) is 0 Å². The number of anilines is 3. The number of rotatable bonds is 12. The van der Waals surface area contributed by atoms with Gasteiger partial charge in [-0.05, 0) is 95.1 Å². The summed E-state index contributed by atoms with van der Waals surface area (Å²) in [6, 6.07) is 40.9. The fourth-order valence-electron chi connectivity index (χ4n) is 9.59. The first kappa shape index (κ1) is 42.0. The zero-order valence-corrected chi connectivity index (χ0v) is 36.0. The highest BCUT2D eigenvalue weighted by Gasteiger charge is 2.45. The van der Waals surface area contributed by atoms with Crippen LogP contribution in [-0.4, -0.2) is 25.5 Å². The number of fused-ring (bicyclic) bond motifs is 2. The summed E-state index contributed by atoms with van der Waals surface area (Å²) < 4.78 is 0. The number of allylic oxidation sites excluding steroid dienone is 6. The second-order valence-corrected chi connectivity index (χ2v) is 16.0. The van der Waals surface area contributed by atoms with Crippen molar-refractivity contribution in [3.63, 3.8) is 0 Å². The van der Waals surface area contributed by atoms with Gasteiger partial charge in [0.1, 0.15) is 11.4 Å². The fraction of sp³-hybridized carbons (Fsp3) is 0.123. The van der Waals surface area contributed by atoms with Crippen molar-refractivity contribution < 1.29 is 25.5 Å². The average molecular weight is 830 g/mol.